The van der Waals surface area contributed by atoms with Gasteiger partial charge < -0.3 is 10.3 Å². The fourth-order valence-corrected chi connectivity index (χ4v) is 2.30. The van der Waals surface area contributed by atoms with E-state index in [0.29, 0.717) is 6.54 Å². The smallest absolute Gasteiger partial charge is 0.151 e. The van der Waals surface area contributed by atoms with Gasteiger partial charge in [-0.25, -0.2) is 0 Å². The van der Waals surface area contributed by atoms with Crippen LogP contribution in [0.5, 0.6) is 0 Å². The Morgan fingerprint density at radius 1 is 1.50 bits per heavy atom. The monoisotopic (exact) mass is 237 g/mol. The largest absolute Gasteiger partial charge is 0.360 e. The summed E-state index contributed by atoms with van der Waals surface area (Å²) < 4.78 is 5.18. The first kappa shape index (κ1) is 11.3. The highest BCUT2D eigenvalue weighted by atomic mass is 32.1. The van der Waals surface area contributed by atoms with E-state index in [1.807, 2.05) is 6.07 Å². The van der Waals surface area contributed by atoms with Crippen molar-refractivity contribution in [1.82, 2.24) is 10.1 Å². The predicted molar refractivity (Wildman–Crippen MR) is 63.9 cm³/mol. The van der Waals surface area contributed by atoms with Gasteiger partial charge in [-0.05, 0) is 18.5 Å². The zero-order chi connectivity index (χ0) is 11.4. The highest BCUT2D eigenvalue weighted by molar-refractivity contribution is 7.09. The van der Waals surface area contributed by atoms with Crippen LogP contribution in [-0.2, 0) is 19.6 Å². The standard InChI is InChI=1S/C11H15N3OS/c1-14(8-11-3-2-4-16-11)7-10-5-9(6-12)13-15-10/h2-5H,6-8,12H2,1H3. The molecule has 4 nitrogen and oxygen atoms in total. The zero-order valence-electron chi connectivity index (χ0n) is 9.22. The molecule has 0 aliphatic heterocycles. The van der Waals surface area contributed by atoms with Crippen LogP contribution < -0.4 is 5.73 Å². The minimum Gasteiger partial charge on any atom is -0.360 e. The second-order valence-electron chi connectivity index (χ2n) is 3.74. The van der Waals surface area contributed by atoms with Gasteiger partial charge >= 0.3 is 0 Å². The summed E-state index contributed by atoms with van der Waals surface area (Å²) in [6.07, 6.45) is 0. The molecule has 5 heteroatoms. The topological polar surface area (TPSA) is 55.3 Å². The molecule has 0 saturated carbocycles. The quantitative estimate of drug-likeness (QED) is 0.862. The van der Waals surface area contributed by atoms with Gasteiger partial charge in [-0.3, -0.25) is 4.90 Å². The van der Waals surface area contributed by atoms with Gasteiger partial charge in [0.15, 0.2) is 5.76 Å². The van der Waals surface area contributed by atoms with E-state index in [1.54, 1.807) is 11.3 Å². The van der Waals surface area contributed by atoms with Crippen molar-refractivity contribution >= 4 is 11.3 Å². The lowest BCUT2D eigenvalue weighted by Crippen LogP contribution is -2.16. The average Bonchev–Trinajstić information content (AvgIpc) is 2.89. The summed E-state index contributed by atoms with van der Waals surface area (Å²) in [6, 6.07) is 6.10. The summed E-state index contributed by atoms with van der Waals surface area (Å²) in [6.45, 7) is 2.11. The van der Waals surface area contributed by atoms with Crippen LogP contribution in [0.1, 0.15) is 16.3 Å². The Bertz CT molecular complexity index is 424. The van der Waals surface area contributed by atoms with Crippen molar-refractivity contribution in [2.24, 2.45) is 5.73 Å². The van der Waals surface area contributed by atoms with Gasteiger partial charge in [0.2, 0.25) is 0 Å². The molecule has 0 aliphatic carbocycles. The number of thiophene rings is 1. The van der Waals surface area contributed by atoms with Gasteiger partial charge in [0.05, 0.1) is 12.2 Å². The number of rotatable bonds is 5. The lowest BCUT2D eigenvalue weighted by atomic mass is 10.3. The summed E-state index contributed by atoms with van der Waals surface area (Å²) >= 11 is 1.76. The van der Waals surface area contributed by atoms with Gasteiger partial charge in [0.25, 0.3) is 0 Å². The second kappa shape index (κ2) is 5.25. The molecular formula is C11H15N3OS. The molecule has 0 amide bonds. The summed E-state index contributed by atoms with van der Waals surface area (Å²) in [7, 11) is 2.06. The highest BCUT2D eigenvalue weighted by Gasteiger charge is 2.07. The molecule has 2 aromatic heterocycles. The Morgan fingerprint density at radius 2 is 2.38 bits per heavy atom. The van der Waals surface area contributed by atoms with Crippen molar-refractivity contribution in [2.45, 2.75) is 19.6 Å². The molecule has 0 bridgehead atoms. The minimum absolute atomic E-state index is 0.429. The number of nitrogens with two attached hydrogens (primary N) is 1. The molecule has 0 radical (unpaired) electrons. The summed E-state index contributed by atoms with van der Waals surface area (Å²) in [5, 5.41) is 5.95. The lowest BCUT2D eigenvalue weighted by molar-refractivity contribution is 0.267. The van der Waals surface area contributed by atoms with E-state index < -0.39 is 0 Å². The fraction of sp³-hybridized carbons (Fsp3) is 0.364. The van der Waals surface area contributed by atoms with Crippen molar-refractivity contribution < 1.29 is 4.52 Å². The van der Waals surface area contributed by atoms with Crippen LogP contribution in [0.25, 0.3) is 0 Å². The van der Waals surface area contributed by atoms with Crippen molar-refractivity contribution in [3.05, 3.63) is 39.9 Å². The van der Waals surface area contributed by atoms with Crippen LogP contribution in [0.3, 0.4) is 0 Å². The molecule has 16 heavy (non-hydrogen) atoms. The van der Waals surface area contributed by atoms with Crippen LogP contribution in [-0.4, -0.2) is 17.1 Å². The maximum Gasteiger partial charge on any atom is 0.151 e. The molecule has 2 aromatic rings. The molecule has 86 valence electrons. The van der Waals surface area contributed by atoms with Gasteiger partial charge in [-0.1, -0.05) is 11.2 Å². The van der Waals surface area contributed by atoms with E-state index in [0.717, 1.165) is 24.5 Å². The molecule has 0 atom stereocenters. The summed E-state index contributed by atoms with van der Waals surface area (Å²) in [5.74, 6) is 0.861. The first-order valence-electron chi connectivity index (χ1n) is 5.13. The van der Waals surface area contributed by atoms with Crippen LogP contribution >= 0.6 is 11.3 Å². The molecule has 0 unspecified atom stereocenters. The molecule has 0 aromatic carbocycles. The molecule has 2 N–H and O–H groups in total. The molecule has 2 heterocycles. The number of hydrogen-bond acceptors (Lipinski definition) is 5. The molecule has 0 fully saturated rings. The number of nitrogens with zero attached hydrogens (tertiary/aromatic N) is 2. The van der Waals surface area contributed by atoms with Crippen LogP contribution in [0.15, 0.2) is 28.1 Å². The van der Waals surface area contributed by atoms with Gasteiger partial charge in [-0.15, -0.1) is 11.3 Å². The molecular weight excluding hydrogens is 222 g/mol. The highest BCUT2D eigenvalue weighted by Crippen LogP contribution is 2.13. The lowest BCUT2D eigenvalue weighted by Gasteiger charge is -2.12. The molecule has 0 aliphatic rings. The Balaban J connectivity index is 1.89. The van der Waals surface area contributed by atoms with Crippen LogP contribution in [0, 0.1) is 0 Å². The van der Waals surface area contributed by atoms with E-state index in [-0.39, 0.29) is 0 Å². The third-order valence-corrected chi connectivity index (χ3v) is 3.11. The third-order valence-electron chi connectivity index (χ3n) is 2.25. The maximum atomic E-state index is 5.47. The van der Waals surface area contributed by atoms with Gasteiger partial charge in [-0.2, -0.15) is 0 Å². The average molecular weight is 237 g/mol. The SMILES string of the molecule is CN(Cc1cc(CN)no1)Cc1cccs1. The van der Waals surface area contributed by atoms with Crippen molar-refractivity contribution in [3.8, 4) is 0 Å². The van der Waals surface area contributed by atoms with E-state index in [9.17, 15) is 0 Å². The third kappa shape index (κ3) is 2.91. The second-order valence-corrected chi connectivity index (χ2v) is 4.77. The normalized spacial score (nSPS) is 11.2. The van der Waals surface area contributed by atoms with Crippen LogP contribution in [0.4, 0.5) is 0 Å². The number of hydrogen-bond donors (Lipinski definition) is 1. The van der Waals surface area contributed by atoms with Gasteiger partial charge in [0.1, 0.15) is 0 Å². The minimum atomic E-state index is 0.429. The number of aromatic nitrogens is 1. The molecule has 0 saturated heterocycles. The van der Waals surface area contributed by atoms with Crippen LogP contribution in [0.2, 0.25) is 0 Å². The zero-order valence-corrected chi connectivity index (χ0v) is 10.0. The molecule has 0 spiro atoms. The Hall–Kier alpha value is -1.17. The predicted octanol–water partition coefficient (Wildman–Crippen LogP) is 1.83. The summed E-state index contributed by atoms with van der Waals surface area (Å²) in [4.78, 5) is 3.54. The first-order chi connectivity index (χ1) is 7.78. The van der Waals surface area contributed by atoms with Crippen molar-refractivity contribution in [1.29, 1.82) is 0 Å². The Morgan fingerprint density at radius 3 is 3.00 bits per heavy atom. The molecule has 2 rings (SSSR count). The fourth-order valence-electron chi connectivity index (χ4n) is 1.52. The summed E-state index contributed by atoms with van der Waals surface area (Å²) in [5.41, 5.74) is 6.27. The van der Waals surface area contributed by atoms with Gasteiger partial charge in [0, 0.05) is 24.0 Å². The Labute approximate surface area is 98.7 Å². The van der Waals surface area contributed by atoms with E-state index >= 15 is 0 Å². The van der Waals surface area contributed by atoms with Crippen molar-refractivity contribution in [2.75, 3.05) is 7.05 Å². The van der Waals surface area contributed by atoms with E-state index in [2.05, 4.69) is 34.6 Å². The Kier molecular flexibility index (Phi) is 3.71. The van der Waals surface area contributed by atoms with Crippen molar-refractivity contribution in [3.63, 3.8) is 0 Å². The van der Waals surface area contributed by atoms with E-state index in [1.165, 1.54) is 4.88 Å². The van der Waals surface area contributed by atoms with E-state index in [4.69, 9.17) is 10.3 Å². The first-order valence-corrected chi connectivity index (χ1v) is 6.01. The maximum absolute atomic E-state index is 5.47.